The van der Waals surface area contributed by atoms with Crippen LogP contribution in [-0.4, -0.2) is 36.7 Å². The lowest BCUT2D eigenvalue weighted by atomic mass is 10.0. The highest BCUT2D eigenvalue weighted by Crippen LogP contribution is 2.35. The molecule has 0 aromatic heterocycles. The second-order valence-electron chi connectivity index (χ2n) is 7.80. The molecule has 0 unspecified atom stereocenters. The Morgan fingerprint density at radius 3 is 2.67 bits per heavy atom. The van der Waals surface area contributed by atoms with E-state index in [4.69, 9.17) is 4.74 Å². The summed E-state index contributed by atoms with van der Waals surface area (Å²) < 4.78 is 6.16. The molecule has 1 fully saturated rings. The monoisotopic (exact) mass is 437 g/mol. The average molecular weight is 438 g/mol. The summed E-state index contributed by atoms with van der Waals surface area (Å²) >= 11 is 3.52. The largest absolute Gasteiger partial charge is 0.444 e. The normalized spacial score (nSPS) is 17.2. The van der Waals surface area contributed by atoms with E-state index in [-0.39, 0.29) is 11.9 Å². The summed E-state index contributed by atoms with van der Waals surface area (Å²) in [5.41, 5.74) is 1.54. The Morgan fingerprint density at radius 1 is 1.33 bits per heavy atom. The number of rotatable bonds is 4. The number of hydrogen-bond acceptors (Lipinski definition) is 4. The van der Waals surface area contributed by atoms with E-state index >= 15 is 0 Å². The van der Waals surface area contributed by atoms with Crippen LogP contribution in [-0.2, 0) is 9.53 Å². The predicted molar refractivity (Wildman–Crippen MR) is 112 cm³/mol. The van der Waals surface area contributed by atoms with Crippen molar-refractivity contribution in [2.75, 3.05) is 23.3 Å². The fourth-order valence-electron chi connectivity index (χ4n) is 2.91. The van der Waals surface area contributed by atoms with Crippen LogP contribution in [0.5, 0.6) is 0 Å². The quantitative estimate of drug-likeness (QED) is 0.682. The van der Waals surface area contributed by atoms with Gasteiger partial charge < -0.3 is 20.3 Å². The van der Waals surface area contributed by atoms with Crippen LogP contribution in [0.3, 0.4) is 0 Å². The highest BCUT2D eigenvalue weighted by atomic mass is 79.9. The van der Waals surface area contributed by atoms with E-state index in [1.54, 1.807) is 6.92 Å². The number of carbonyl (C=O) groups excluding carboxylic acids is 2. The van der Waals surface area contributed by atoms with Gasteiger partial charge in [-0.25, -0.2) is 4.79 Å². The number of ether oxygens (including phenoxy) is 1. The molecule has 1 aliphatic heterocycles. The van der Waals surface area contributed by atoms with E-state index in [0.717, 1.165) is 29.5 Å². The van der Waals surface area contributed by atoms with Crippen LogP contribution in [0, 0.1) is 0 Å². The highest BCUT2D eigenvalue weighted by Gasteiger charge is 2.26. The van der Waals surface area contributed by atoms with Crippen molar-refractivity contribution in [2.24, 2.45) is 0 Å². The maximum absolute atomic E-state index is 12.1. The molecule has 0 aliphatic carbocycles. The number of hydrogen-bond donors (Lipinski definition) is 2. The summed E-state index contributed by atoms with van der Waals surface area (Å²) in [4.78, 5) is 26.4. The molecule has 1 saturated heterocycles. The Kier molecular flexibility index (Phi) is 6.92. The zero-order valence-electron chi connectivity index (χ0n) is 16.4. The van der Waals surface area contributed by atoms with Crippen molar-refractivity contribution in [2.45, 2.75) is 52.2 Å². The first-order valence-corrected chi connectivity index (χ1v) is 9.86. The lowest BCUT2D eigenvalue weighted by Crippen LogP contribution is -2.49. The van der Waals surface area contributed by atoms with Crippen molar-refractivity contribution in [3.63, 3.8) is 0 Å². The molecule has 1 atom stereocenters. The SMILES string of the molecule is C=C(C)C(=O)Nc1c(Br)cccc1N1CCC[C@@H](NC(=O)OC(C)(C)C)C1. The number of nitrogens with one attached hydrogen (secondary N) is 2. The van der Waals surface area contributed by atoms with Crippen LogP contribution in [0.2, 0.25) is 0 Å². The van der Waals surface area contributed by atoms with Gasteiger partial charge in [-0.1, -0.05) is 12.6 Å². The Balaban J connectivity index is 2.14. The summed E-state index contributed by atoms with van der Waals surface area (Å²) in [6.45, 7) is 12.4. The first-order chi connectivity index (χ1) is 12.6. The second kappa shape index (κ2) is 8.78. The average Bonchev–Trinajstić information content (AvgIpc) is 2.54. The summed E-state index contributed by atoms with van der Waals surface area (Å²) in [5.74, 6) is -0.219. The third-order valence-electron chi connectivity index (χ3n) is 4.10. The molecular formula is C20H28BrN3O3. The molecule has 27 heavy (non-hydrogen) atoms. The minimum atomic E-state index is -0.525. The second-order valence-corrected chi connectivity index (χ2v) is 8.65. The minimum Gasteiger partial charge on any atom is -0.444 e. The molecule has 0 spiro atoms. The van der Waals surface area contributed by atoms with Crippen LogP contribution in [0.1, 0.15) is 40.5 Å². The molecule has 0 bridgehead atoms. The molecule has 1 heterocycles. The molecule has 0 saturated carbocycles. The topological polar surface area (TPSA) is 70.7 Å². The van der Waals surface area contributed by atoms with Crippen LogP contribution in [0.15, 0.2) is 34.8 Å². The number of amides is 2. The fraction of sp³-hybridized carbons (Fsp3) is 0.500. The van der Waals surface area contributed by atoms with Crippen LogP contribution in [0.4, 0.5) is 16.2 Å². The predicted octanol–water partition coefficient (Wildman–Crippen LogP) is 4.46. The van der Waals surface area contributed by atoms with Gasteiger partial charge in [-0.2, -0.15) is 0 Å². The highest BCUT2D eigenvalue weighted by molar-refractivity contribution is 9.10. The van der Waals surface area contributed by atoms with Gasteiger partial charge >= 0.3 is 6.09 Å². The van der Waals surface area contributed by atoms with E-state index in [1.807, 2.05) is 39.0 Å². The van der Waals surface area contributed by atoms with Crippen LogP contribution in [0.25, 0.3) is 0 Å². The lowest BCUT2D eigenvalue weighted by Gasteiger charge is -2.36. The van der Waals surface area contributed by atoms with Gasteiger partial charge in [-0.3, -0.25) is 4.79 Å². The van der Waals surface area contributed by atoms with E-state index in [9.17, 15) is 9.59 Å². The van der Waals surface area contributed by atoms with Crippen LogP contribution >= 0.6 is 15.9 Å². The van der Waals surface area contributed by atoms with E-state index < -0.39 is 11.7 Å². The fourth-order valence-corrected chi connectivity index (χ4v) is 3.36. The number of piperidine rings is 1. The van der Waals surface area contributed by atoms with Crippen molar-refractivity contribution >= 4 is 39.3 Å². The van der Waals surface area contributed by atoms with Gasteiger partial charge in [-0.05, 0) is 68.6 Å². The Labute approximate surface area is 169 Å². The van der Waals surface area contributed by atoms with Gasteiger partial charge in [0.2, 0.25) is 0 Å². The van der Waals surface area contributed by atoms with Gasteiger partial charge in [0.1, 0.15) is 5.60 Å². The van der Waals surface area contributed by atoms with Crippen molar-refractivity contribution in [1.29, 1.82) is 0 Å². The van der Waals surface area contributed by atoms with E-state index in [2.05, 4.69) is 38.0 Å². The number of carbonyl (C=O) groups is 2. The molecule has 148 valence electrons. The standard InChI is InChI=1S/C20H28BrN3O3/c1-13(2)18(25)23-17-15(21)9-6-10-16(17)24-11-7-8-14(12-24)22-19(26)27-20(3,4)5/h6,9-10,14H,1,7-8,11-12H2,2-5H3,(H,22,26)(H,23,25)/t14-/m1/s1. The number of anilines is 2. The molecule has 2 N–H and O–H groups in total. The Hall–Kier alpha value is -2.02. The summed E-state index contributed by atoms with van der Waals surface area (Å²) in [6.07, 6.45) is 1.41. The molecule has 6 nitrogen and oxygen atoms in total. The van der Waals surface area contributed by atoms with Crippen molar-refractivity contribution in [1.82, 2.24) is 5.32 Å². The molecule has 2 amide bonds. The van der Waals surface area contributed by atoms with Crippen molar-refractivity contribution in [3.8, 4) is 0 Å². The molecule has 1 aliphatic rings. The van der Waals surface area contributed by atoms with Gasteiger partial charge in [0.25, 0.3) is 5.91 Å². The number of halogens is 1. The molecule has 7 heteroatoms. The zero-order chi connectivity index (χ0) is 20.2. The maximum Gasteiger partial charge on any atom is 0.407 e. The lowest BCUT2D eigenvalue weighted by molar-refractivity contribution is -0.112. The van der Waals surface area contributed by atoms with Crippen molar-refractivity contribution < 1.29 is 14.3 Å². The Bertz CT molecular complexity index is 728. The van der Waals surface area contributed by atoms with Crippen molar-refractivity contribution in [3.05, 3.63) is 34.8 Å². The summed E-state index contributed by atoms with van der Waals surface area (Å²) in [5, 5.41) is 5.88. The minimum absolute atomic E-state index is 0.0164. The molecule has 2 rings (SSSR count). The molecule has 0 radical (unpaired) electrons. The molecular weight excluding hydrogens is 410 g/mol. The van der Waals surface area contributed by atoms with Gasteiger partial charge in [-0.15, -0.1) is 0 Å². The number of para-hydroxylation sites is 1. The smallest absolute Gasteiger partial charge is 0.407 e. The number of nitrogens with zero attached hydrogens (tertiary/aromatic N) is 1. The number of alkyl carbamates (subject to hydrolysis) is 1. The Morgan fingerprint density at radius 2 is 2.04 bits per heavy atom. The third-order valence-corrected chi connectivity index (χ3v) is 4.76. The van der Waals surface area contributed by atoms with Gasteiger partial charge in [0.05, 0.1) is 11.4 Å². The third kappa shape index (κ3) is 6.27. The molecule has 1 aromatic carbocycles. The van der Waals surface area contributed by atoms with Gasteiger partial charge in [0.15, 0.2) is 0 Å². The van der Waals surface area contributed by atoms with Crippen LogP contribution < -0.4 is 15.5 Å². The van der Waals surface area contributed by atoms with Gasteiger partial charge in [0, 0.05) is 29.2 Å². The zero-order valence-corrected chi connectivity index (χ0v) is 18.0. The first-order valence-electron chi connectivity index (χ1n) is 9.06. The maximum atomic E-state index is 12.1. The van der Waals surface area contributed by atoms with E-state index in [0.29, 0.717) is 17.8 Å². The summed E-state index contributed by atoms with van der Waals surface area (Å²) in [7, 11) is 0. The first kappa shape index (κ1) is 21.3. The molecule has 1 aromatic rings. The van der Waals surface area contributed by atoms with E-state index in [1.165, 1.54) is 0 Å². The number of benzene rings is 1. The summed E-state index contributed by atoms with van der Waals surface area (Å²) in [6, 6.07) is 5.77.